The van der Waals surface area contributed by atoms with Crippen molar-refractivity contribution in [1.82, 2.24) is 0 Å². The molecule has 3 nitrogen and oxygen atoms in total. The van der Waals surface area contributed by atoms with Crippen LogP contribution in [0.4, 0.5) is 0 Å². The van der Waals surface area contributed by atoms with E-state index in [0.29, 0.717) is 5.56 Å². The molecule has 2 aromatic carbocycles. The third-order valence-electron chi connectivity index (χ3n) is 3.08. The molecule has 19 heavy (non-hydrogen) atoms. The molecule has 0 amide bonds. The number of fused-ring (bicyclic) bond motifs is 1. The topological polar surface area (TPSA) is 39.4 Å². The van der Waals surface area contributed by atoms with Gasteiger partial charge in [-0.2, -0.15) is 0 Å². The van der Waals surface area contributed by atoms with E-state index in [9.17, 15) is 4.79 Å². The van der Waals surface area contributed by atoms with Crippen molar-refractivity contribution in [3.8, 4) is 11.1 Å². The minimum atomic E-state index is -0.338. The van der Waals surface area contributed by atoms with Crippen molar-refractivity contribution in [3.63, 3.8) is 0 Å². The molecule has 0 aliphatic rings. The highest BCUT2D eigenvalue weighted by atomic mass is 16.5. The van der Waals surface area contributed by atoms with Gasteiger partial charge in [-0.25, -0.2) is 4.79 Å². The molecule has 1 heterocycles. The third kappa shape index (κ3) is 1.99. The van der Waals surface area contributed by atoms with Crippen molar-refractivity contribution in [1.29, 1.82) is 0 Å². The molecule has 0 aliphatic carbocycles. The summed E-state index contributed by atoms with van der Waals surface area (Å²) in [5.74, 6) is -0.338. The fraction of sp³-hybridized carbons (Fsp3) is 0.0625. The Morgan fingerprint density at radius 2 is 1.95 bits per heavy atom. The second kappa shape index (κ2) is 4.61. The van der Waals surface area contributed by atoms with E-state index < -0.39 is 0 Å². The van der Waals surface area contributed by atoms with Gasteiger partial charge in [0.05, 0.1) is 18.9 Å². The number of methoxy groups -OCH3 is 1. The molecule has 0 saturated heterocycles. The van der Waals surface area contributed by atoms with Gasteiger partial charge >= 0.3 is 5.97 Å². The number of hydrogen-bond acceptors (Lipinski definition) is 3. The van der Waals surface area contributed by atoms with E-state index in [-0.39, 0.29) is 5.97 Å². The Labute approximate surface area is 110 Å². The largest absolute Gasteiger partial charge is 0.465 e. The highest BCUT2D eigenvalue weighted by Crippen LogP contribution is 2.30. The van der Waals surface area contributed by atoms with E-state index in [0.717, 1.165) is 22.1 Å². The number of esters is 1. The van der Waals surface area contributed by atoms with Crippen molar-refractivity contribution >= 4 is 16.9 Å². The minimum absolute atomic E-state index is 0.338. The highest BCUT2D eigenvalue weighted by Gasteiger charge is 2.10. The van der Waals surface area contributed by atoms with Gasteiger partial charge in [-0.1, -0.05) is 30.3 Å². The lowest BCUT2D eigenvalue weighted by atomic mass is 10.0. The van der Waals surface area contributed by atoms with Crippen LogP contribution in [0.3, 0.4) is 0 Å². The Morgan fingerprint density at radius 3 is 2.79 bits per heavy atom. The monoisotopic (exact) mass is 252 g/mol. The molecule has 0 fully saturated rings. The predicted molar refractivity (Wildman–Crippen MR) is 73.0 cm³/mol. The molecule has 0 N–H and O–H groups in total. The Hall–Kier alpha value is -2.55. The molecule has 3 rings (SSSR count). The maximum Gasteiger partial charge on any atom is 0.337 e. The van der Waals surface area contributed by atoms with Gasteiger partial charge in [-0.05, 0) is 23.8 Å². The van der Waals surface area contributed by atoms with Crippen LogP contribution in [0.25, 0.3) is 22.1 Å². The molecule has 0 unspecified atom stereocenters. The molecule has 3 heteroatoms. The molecule has 0 radical (unpaired) electrons. The maximum atomic E-state index is 11.6. The first-order valence-electron chi connectivity index (χ1n) is 5.94. The van der Waals surface area contributed by atoms with Crippen molar-refractivity contribution < 1.29 is 13.9 Å². The lowest BCUT2D eigenvalue weighted by molar-refractivity contribution is 0.0601. The van der Waals surface area contributed by atoms with Crippen LogP contribution in [0.1, 0.15) is 10.4 Å². The van der Waals surface area contributed by atoms with Gasteiger partial charge in [-0.15, -0.1) is 0 Å². The average Bonchev–Trinajstić information content (AvgIpc) is 2.90. The quantitative estimate of drug-likeness (QED) is 0.649. The fourth-order valence-corrected chi connectivity index (χ4v) is 2.13. The SMILES string of the molecule is COC(=O)c1cccc(-c2coc3ccccc23)c1. The number of benzene rings is 2. The van der Waals surface area contributed by atoms with Crippen LogP contribution < -0.4 is 0 Å². The van der Waals surface area contributed by atoms with Gasteiger partial charge in [-0.3, -0.25) is 0 Å². The van der Waals surface area contributed by atoms with Crippen molar-refractivity contribution in [2.24, 2.45) is 0 Å². The summed E-state index contributed by atoms with van der Waals surface area (Å²) < 4.78 is 10.2. The predicted octanol–water partition coefficient (Wildman–Crippen LogP) is 3.89. The molecular weight excluding hydrogens is 240 g/mol. The van der Waals surface area contributed by atoms with Crippen LogP contribution in [0.5, 0.6) is 0 Å². The van der Waals surface area contributed by atoms with Crippen LogP contribution in [-0.4, -0.2) is 13.1 Å². The standard InChI is InChI=1S/C16H12O3/c1-18-16(17)12-6-4-5-11(9-12)14-10-19-15-8-3-2-7-13(14)15/h2-10H,1H3. The summed E-state index contributed by atoms with van der Waals surface area (Å²) in [6.45, 7) is 0. The summed E-state index contributed by atoms with van der Waals surface area (Å²) >= 11 is 0. The van der Waals surface area contributed by atoms with Gasteiger partial charge in [0.25, 0.3) is 0 Å². The first-order valence-corrected chi connectivity index (χ1v) is 5.94. The van der Waals surface area contributed by atoms with Gasteiger partial charge in [0, 0.05) is 10.9 Å². The lowest BCUT2D eigenvalue weighted by Gasteiger charge is -2.02. The molecule has 94 valence electrons. The third-order valence-corrected chi connectivity index (χ3v) is 3.08. The molecule has 0 aliphatic heterocycles. The van der Waals surface area contributed by atoms with Gasteiger partial charge < -0.3 is 9.15 Å². The number of ether oxygens (including phenoxy) is 1. The summed E-state index contributed by atoms with van der Waals surface area (Å²) in [4.78, 5) is 11.6. The van der Waals surface area contributed by atoms with E-state index in [2.05, 4.69) is 0 Å². The van der Waals surface area contributed by atoms with Crippen LogP contribution in [0, 0.1) is 0 Å². The first-order chi connectivity index (χ1) is 9.29. The Balaban J connectivity index is 2.14. The highest BCUT2D eigenvalue weighted by molar-refractivity contribution is 5.96. The van der Waals surface area contributed by atoms with E-state index in [1.54, 1.807) is 12.3 Å². The van der Waals surface area contributed by atoms with Crippen LogP contribution in [0.15, 0.2) is 59.2 Å². The molecule has 3 aromatic rings. The Morgan fingerprint density at radius 1 is 1.11 bits per heavy atom. The first kappa shape index (κ1) is 11.5. The summed E-state index contributed by atoms with van der Waals surface area (Å²) in [6, 6.07) is 15.1. The van der Waals surface area contributed by atoms with Gasteiger partial charge in [0.2, 0.25) is 0 Å². The average molecular weight is 252 g/mol. The zero-order valence-corrected chi connectivity index (χ0v) is 10.4. The molecular formula is C16H12O3. The number of carbonyl (C=O) groups excluding carboxylic acids is 1. The van der Waals surface area contributed by atoms with Crippen molar-refractivity contribution in [2.45, 2.75) is 0 Å². The summed E-state index contributed by atoms with van der Waals surface area (Å²) in [7, 11) is 1.38. The van der Waals surface area contributed by atoms with E-state index >= 15 is 0 Å². The molecule has 0 atom stereocenters. The van der Waals surface area contributed by atoms with E-state index in [1.807, 2.05) is 42.5 Å². The number of carbonyl (C=O) groups is 1. The normalized spacial score (nSPS) is 10.6. The Kier molecular flexibility index (Phi) is 2.80. The van der Waals surface area contributed by atoms with Crippen LogP contribution >= 0.6 is 0 Å². The molecule has 1 aromatic heterocycles. The molecule has 0 bridgehead atoms. The van der Waals surface area contributed by atoms with E-state index in [1.165, 1.54) is 7.11 Å². The summed E-state index contributed by atoms with van der Waals surface area (Å²) in [6.07, 6.45) is 1.71. The number of para-hydroxylation sites is 1. The second-order valence-electron chi connectivity index (χ2n) is 4.22. The summed E-state index contributed by atoms with van der Waals surface area (Å²) in [5, 5.41) is 1.03. The zero-order chi connectivity index (χ0) is 13.2. The fourth-order valence-electron chi connectivity index (χ4n) is 2.13. The second-order valence-corrected chi connectivity index (χ2v) is 4.22. The number of rotatable bonds is 2. The van der Waals surface area contributed by atoms with E-state index in [4.69, 9.17) is 9.15 Å². The van der Waals surface area contributed by atoms with Crippen LogP contribution in [-0.2, 0) is 4.74 Å². The van der Waals surface area contributed by atoms with Crippen molar-refractivity contribution in [2.75, 3.05) is 7.11 Å². The lowest BCUT2D eigenvalue weighted by Crippen LogP contribution is -2.00. The van der Waals surface area contributed by atoms with Gasteiger partial charge in [0.1, 0.15) is 5.58 Å². The molecule has 0 spiro atoms. The van der Waals surface area contributed by atoms with Gasteiger partial charge in [0.15, 0.2) is 0 Å². The molecule has 0 saturated carbocycles. The maximum absolute atomic E-state index is 11.6. The number of furan rings is 1. The smallest absolute Gasteiger partial charge is 0.337 e. The van der Waals surface area contributed by atoms with Crippen LogP contribution in [0.2, 0.25) is 0 Å². The Bertz CT molecular complexity index is 740. The van der Waals surface area contributed by atoms with Crippen molar-refractivity contribution in [3.05, 3.63) is 60.4 Å². The zero-order valence-electron chi connectivity index (χ0n) is 10.4. The summed E-state index contributed by atoms with van der Waals surface area (Å²) in [5.41, 5.74) is 3.28. The minimum Gasteiger partial charge on any atom is -0.465 e. The number of hydrogen-bond donors (Lipinski definition) is 0.